The third kappa shape index (κ3) is 4.78. The molecule has 3 heterocycles. The maximum atomic E-state index is 14.8. The van der Waals surface area contributed by atoms with Crippen molar-refractivity contribution in [3.8, 4) is 0 Å². The first-order chi connectivity index (χ1) is 14.7. The molecule has 0 amide bonds. The summed E-state index contributed by atoms with van der Waals surface area (Å²) in [7, 11) is 1.83. The minimum Gasteiger partial charge on any atom is -0.367 e. The van der Waals surface area contributed by atoms with Gasteiger partial charge in [0.2, 0.25) is 0 Å². The molecule has 1 aromatic carbocycles. The summed E-state index contributed by atoms with van der Waals surface area (Å²) in [5, 5.41) is 3.43. The molecule has 0 aliphatic carbocycles. The van der Waals surface area contributed by atoms with Gasteiger partial charge >= 0.3 is 0 Å². The molecule has 0 spiro atoms. The average molecular weight is 415 g/mol. The fourth-order valence-corrected chi connectivity index (χ4v) is 4.76. The van der Waals surface area contributed by atoms with E-state index in [-0.39, 0.29) is 5.82 Å². The lowest BCUT2D eigenvalue weighted by Crippen LogP contribution is -2.46. The number of benzene rings is 1. The number of halogens is 1. The Kier molecular flexibility index (Phi) is 6.89. The van der Waals surface area contributed by atoms with E-state index >= 15 is 0 Å². The van der Waals surface area contributed by atoms with Crippen molar-refractivity contribution in [3.63, 3.8) is 0 Å². The molecule has 3 aliphatic heterocycles. The zero-order valence-electron chi connectivity index (χ0n) is 18.4. The van der Waals surface area contributed by atoms with Crippen molar-refractivity contribution in [3.05, 3.63) is 41.7 Å². The topological polar surface area (TPSA) is 37.4 Å². The lowest BCUT2D eigenvalue weighted by atomic mass is 10.1. The zero-order chi connectivity index (χ0) is 20.9. The number of anilines is 1. The van der Waals surface area contributed by atoms with Gasteiger partial charge < -0.3 is 20.0 Å². The lowest BCUT2D eigenvalue weighted by Gasteiger charge is -2.35. The number of likely N-dealkylation sites (tertiary alicyclic amines) is 1. The first-order valence-electron chi connectivity index (χ1n) is 11.3. The summed E-state index contributed by atoms with van der Waals surface area (Å²) in [4.78, 5) is 13.9. The summed E-state index contributed by atoms with van der Waals surface area (Å²) in [6, 6.07) is 6.23. The van der Waals surface area contributed by atoms with Crippen molar-refractivity contribution in [2.24, 2.45) is 4.99 Å². The second-order valence-electron chi connectivity index (χ2n) is 8.42. The minimum atomic E-state index is -0.128. The number of rotatable bonds is 5. The summed E-state index contributed by atoms with van der Waals surface area (Å²) in [6.07, 6.45) is 5.66. The summed E-state index contributed by atoms with van der Waals surface area (Å²) >= 11 is 0. The van der Waals surface area contributed by atoms with Gasteiger partial charge in [-0.15, -0.1) is 0 Å². The quantitative estimate of drug-likeness (QED) is 0.453. The minimum absolute atomic E-state index is 0.128. The second-order valence-corrected chi connectivity index (χ2v) is 8.42. The van der Waals surface area contributed by atoms with E-state index < -0.39 is 0 Å². The van der Waals surface area contributed by atoms with Gasteiger partial charge in [0.15, 0.2) is 5.96 Å². The normalized spacial score (nSPS) is 23.6. The largest absolute Gasteiger partial charge is 0.367 e. The van der Waals surface area contributed by atoms with Crippen LogP contribution in [-0.2, 0) is 6.54 Å². The lowest BCUT2D eigenvalue weighted by molar-refractivity contribution is 0.259. The van der Waals surface area contributed by atoms with Crippen LogP contribution < -0.4 is 10.2 Å². The van der Waals surface area contributed by atoms with E-state index in [1.807, 2.05) is 19.2 Å². The van der Waals surface area contributed by atoms with Crippen LogP contribution in [0.1, 0.15) is 18.9 Å². The monoisotopic (exact) mass is 414 g/mol. The molecule has 2 saturated heterocycles. The van der Waals surface area contributed by atoms with E-state index in [9.17, 15) is 4.39 Å². The van der Waals surface area contributed by atoms with Crippen LogP contribution in [0.4, 0.5) is 10.1 Å². The van der Waals surface area contributed by atoms with Crippen LogP contribution in [0.15, 0.2) is 35.3 Å². The first-order valence-corrected chi connectivity index (χ1v) is 11.3. The summed E-state index contributed by atoms with van der Waals surface area (Å²) in [5.41, 5.74) is 1.67. The Morgan fingerprint density at radius 2 is 1.90 bits per heavy atom. The molecule has 2 fully saturated rings. The average Bonchev–Trinajstić information content (AvgIpc) is 3.47. The Bertz CT molecular complexity index is 763. The van der Waals surface area contributed by atoms with E-state index in [1.54, 1.807) is 6.07 Å². The summed E-state index contributed by atoms with van der Waals surface area (Å²) in [5.74, 6) is 0.779. The van der Waals surface area contributed by atoms with Gasteiger partial charge in [-0.1, -0.05) is 25.1 Å². The van der Waals surface area contributed by atoms with Crippen LogP contribution in [0.2, 0.25) is 0 Å². The van der Waals surface area contributed by atoms with Crippen LogP contribution in [0.3, 0.4) is 0 Å². The molecule has 1 unspecified atom stereocenters. The maximum absolute atomic E-state index is 14.8. The Hall–Kier alpha value is -2.12. The van der Waals surface area contributed by atoms with Gasteiger partial charge in [-0.3, -0.25) is 9.89 Å². The molecule has 1 N–H and O–H groups in total. The first kappa shape index (κ1) is 21.1. The van der Waals surface area contributed by atoms with Crippen molar-refractivity contribution in [2.45, 2.75) is 25.9 Å². The molecular formula is C23H35FN6. The number of hydrogen-bond acceptors (Lipinski definition) is 4. The van der Waals surface area contributed by atoms with E-state index in [4.69, 9.17) is 0 Å². The molecule has 1 atom stereocenters. The SMILES string of the molecule is CCN1CCN(c2ccc(CNC(=NC)N3CCC(N4CC=CC4)C3)cc2F)CC1. The fourth-order valence-electron chi connectivity index (χ4n) is 4.76. The van der Waals surface area contributed by atoms with Gasteiger partial charge in [-0.2, -0.15) is 0 Å². The number of piperazine rings is 1. The van der Waals surface area contributed by atoms with Gasteiger partial charge in [-0.05, 0) is 30.7 Å². The zero-order valence-corrected chi connectivity index (χ0v) is 18.4. The van der Waals surface area contributed by atoms with E-state index in [1.165, 1.54) is 0 Å². The van der Waals surface area contributed by atoms with Gasteiger partial charge in [0.05, 0.1) is 5.69 Å². The Balaban J connectivity index is 1.30. The molecule has 1 aromatic rings. The Labute approximate surface area is 180 Å². The molecule has 7 heteroatoms. The molecule has 164 valence electrons. The Morgan fingerprint density at radius 1 is 1.13 bits per heavy atom. The third-order valence-electron chi connectivity index (χ3n) is 6.66. The smallest absolute Gasteiger partial charge is 0.193 e. The highest BCUT2D eigenvalue weighted by molar-refractivity contribution is 5.80. The molecular weight excluding hydrogens is 379 g/mol. The van der Waals surface area contributed by atoms with Crippen LogP contribution in [0.5, 0.6) is 0 Å². The predicted octanol–water partition coefficient (Wildman–Crippen LogP) is 1.99. The van der Waals surface area contributed by atoms with Gasteiger partial charge in [0, 0.05) is 72.0 Å². The van der Waals surface area contributed by atoms with Gasteiger partial charge in [0.25, 0.3) is 0 Å². The molecule has 0 radical (unpaired) electrons. The molecule has 3 aliphatic rings. The van der Waals surface area contributed by atoms with E-state index in [0.717, 1.165) is 82.5 Å². The third-order valence-corrected chi connectivity index (χ3v) is 6.66. The number of nitrogens with zero attached hydrogens (tertiary/aromatic N) is 5. The van der Waals surface area contributed by atoms with Crippen molar-refractivity contribution in [2.75, 3.05) is 70.9 Å². The van der Waals surface area contributed by atoms with Crippen LogP contribution in [0.25, 0.3) is 0 Å². The summed E-state index contributed by atoms with van der Waals surface area (Å²) in [6.45, 7) is 11.7. The van der Waals surface area contributed by atoms with Crippen LogP contribution in [0, 0.1) is 5.82 Å². The molecule has 0 aromatic heterocycles. The molecule has 30 heavy (non-hydrogen) atoms. The van der Waals surface area contributed by atoms with Crippen molar-refractivity contribution < 1.29 is 4.39 Å². The van der Waals surface area contributed by atoms with Crippen molar-refractivity contribution >= 4 is 11.6 Å². The van der Waals surface area contributed by atoms with Crippen LogP contribution >= 0.6 is 0 Å². The Morgan fingerprint density at radius 3 is 2.57 bits per heavy atom. The summed E-state index contributed by atoms with van der Waals surface area (Å²) < 4.78 is 14.8. The van der Waals surface area contributed by atoms with E-state index in [2.05, 4.69) is 49.0 Å². The molecule has 0 bridgehead atoms. The van der Waals surface area contributed by atoms with E-state index in [0.29, 0.717) is 12.6 Å². The fraction of sp³-hybridized carbons (Fsp3) is 0.609. The molecule has 6 nitrogen and oxygen atoms in total. The predicted molar refractivity (Wildman–Crippen MR) is 122 cm³/mol. The number of guanidine groups is 1. The highest BCUT2D eigenvalue weighted by atomic mass is 19.1. The molecule has 0 saturated carbocycles. The second kappa shape index (κ2) is 9.79. The van der Waals surface area contributed by atoms with Crippen molar-refractivity contribution in [1.82, 2.24) is 20.0 Å². The molecule has 4 rings (SSSR count). The standard InChI is InChI=1S/C23H35FN6/c1-3-27-12-14-29(15-13-27)22-7-6-19(16-21(22)24)17-26-23(25-2)30-11-8-20(18-30)28-9-4-5-10-28/h4-7,16,20H,3,8-15,17-18H2,1-2H3,(H,25,26). The number of hydrogen-bond donors (Lipinski definition) is 1. The van der Waals surface area contributed by atoms with Crippen molar-refractivity contribution in [1.29, 1.82) is 0 Å². The number of aliphatic imine (C=N–C) groups is 1. The van der Waals surface area contributed by atoms with Gasteiger partial charge in [0.1, 0.15) is 5.82 Å². The number of likely N-dealkylation sites (N-methyl/N-ethyl adjacent to an activating group) is 1. The highest BCUT2D eigenvalue weighted by Gasteiger charge is 2.29. The number of nitrogens with one attached hydrogen (secondary N) is 1. The maximum Gasteiger partial charge on any atom is 0.193 e. The highest BCUT2D eigenvalue weighted by Crippen LogP contribution is 2.22. The van der Waals surface area contributed by atoms with Crippen LogP contribution in [-0.4, -0.2) is 92.7 Å². The van der Waals surface area contributed by atoms with Gasteiger partial charge in [-0.25, -0.2) is 4.39 Å².